The zero-order valence-corrected chi connectivity index (χ0v) is 21.7. The van der Waals surface area contributed by atoms with Crippen LogP contribution in [0.4, 0.5) is 18.9 Å². The van der Waals surface area contributed by atoms with Gasteiger partial charge in [-0.25, -0.2) is 0 Å². The summed E-state index contributed by atoms with van der Waals surface area (Å²) < 4.78 is 46.7. The van der Waals surface area contributed by atoms with E-state index < -0.39 is 11.7 Å². The minimum atomic E-state index is -4.62. The van der Waals surface area contributed by atoms with Crippen LogP contribution in [0.5, 0.6) is 0 Å². The van der Waals surface area contributed by atoms with Gasteiger partial charge in [-0.1, -0.05) is 30.8 Å². The Balaban J connectivity index is 2.20. The summed E-state index contributed by atoms with van der Waals surface area (Å²) in [5.74, 6) is 1.000. The van der Waals surface area contributed by atoms with Crippen LogP contribution in [-0.2, 0) is 15.7 Å². The van der Waals surface area contributed by atoms with Crippen LogP contribution in [0.3, 0.4) is 0 Å². The SMILES string of the molecule is C=CC(=O)N1CCN(C(=NC)C(=C)CCN(CCN=C(C)OC)c2cccc(Cl)c2C(F)(F)F)CC1. The molecule has 11 heteroatoms. The van der Waals surface area contributed by atoms with Crippen molar-refractivity contribution in [1.29, 1.82) is 0 Å². The van der Waals surface area contributed by atoms with Gasteiger partial charge in [0.2, 0.25) is 5.91 Å². The van der Waals surface area contributed by atoms with Gasteiger partial charge in [-0.15, -0.1) is 0 Å². The maximum Gasteiger partial charge on any atom is 0.419 e. The number of amidine groups is 1. The molecular weight excluding hydrogens is 495 g/mol. The van der Waals surface area contributed by atoms with Crippen molar-refractivity contribution >= 4 is 34.9 Å². The number of benzene rings is 1. The Kier molecular flexibility index (Phi) is 10.8. The van der Waals surface area contributed by atoms with Crippen molar-refractivity contribution in [3.8, 4) is 0 Å². The molecule has 1 heterocycles. The van der Waals surface area contributed by atoms with E-state index in [-0.39, 0.29) is 36.3 Å². The molecule has 7 nitrogen and oxygen atoms in total. The highest BCUT2D eigenvalue weighted by Crippen LogP contribution is 2.41. The van der Waals surface area contributed by atoms with E-state index in [0.717, 1.165) is 0 Å². The smallest absolute Gasteiger partial charge is 0.419 e. The first-order chi connectivity index (χ1) is 17.0. The zero-order chi connectivity index (χ0) is 26.9. The first-order valence-electron chi connectivity index (χ1n) is 11.5. The second kappa shape index (κ2) is 13.3. The number of piperazine rings is 1. The number of anilines is 1. The van der Waals surface area contributed by atoms with Crippen LogP contribution < -0.4 is 4.90 Å². The lowest BCUT2D eigenvalue weighted by atomic mass is 10.1. The number of hydrogen-bond donors (Lipinski definition) is 0. The molecule has 198 valence electrons. The standard InChI is InChI=1S/C25H33ClF3N5O2/c1-6-22(35)33-14-16-34(17-15-33)24(30-4)18(2)10-12-32(13-11-31-19(3)36-5)21-9-7-8-20(26)23(21)25(27,28)29/h6-9H,1-2,10-17H2,3-5H3. The number of alkyl halides is 3. The molecule has 1 aliphatic rings. The summed E-state index contributed by atoms with van der Waals surface area (Å²) in [4.78, 5) is 25.8. The van der Waals surface area contributed by atoms with Gasteiger partial charge in [0.15, 0.2) is 5.90 Å². The summed E-state index contributed by atoms with van der Waals surface area (Å²) >= 11 is 5.98. The van der Waals surface area contributed by atoms with Crippen molar-refractivity contribution < 1.29 is 22.7 Å². The molecule has 1 aromatic carbocycles. The first-order valence-corrected chi connectivity index (χ1v) is 11.9. The molecule has 2 rings (SSSR count). The molecule has 0 N–H and O–H groups in total. The molecule has 0 saturated carbocycles. The lowest BCUT2D eigenvalue weighted by Crippen LogP contribution is -2.50. The highest BCUT2D eigenvalue weighted by Gasteiger charge is 2.37. The van der Waals surface area contributed by atoms with E-state index in [9.17, 15) is 18.0 Å². The van der Waals surface area contributed by atoms with Crippen LogP contribution in [0, 0.1) is 0 Å². The molecule has 1 amide bonds. The molecule has 1 aliphatic heterocycles. The topological polar surface area (TPSA) is 60.7 Å². The van der Waals surface area contributed by atoms with E-state index >= 15 is 0 Å². The molecule has 0 aromatic heterocycles. The number of hydrogen-bond acceptors (Lipinski definition) is 5. The molecule has 1 fully saturated rings. The van der Waals surface area contributed by atoms with Crippen molar-refractivity contribution in [2.45, 2.75) is 19.5 Å². The third kappa shape index (κ3) is 7.74. The van der Waals surface area contributed by atoms with Gasteiger partial charge in [-0.2, -0.15) is 13.2 Å². The molecule has 36 heavy (non-hydrogen) atoms. The van der Waals surface area contributed by atoms with Crippen LogP contribution >= 0.6 is 11.6 Å². The monoisotopic (exact) mass is 527 g/mol. The molecule has 0 bridgehead atoms. The largest absolute Gasteiger partial charge is 0.484 e. The third-order valence-corrected chi connectivity index (χ3v) is 6.21. The van der Waals surface area contributed by atoms with Crippen LogP contribution in [0.1, 0.15) is 18.9 Å². The Morgan fingerprint density at radius 3 is 2.42 bits per heavy atom. The zero-order valence-electron chi connectivity index (χ0n) is 20.9. The Morgan fingerprint density at radius 2 is 1.86 bits per heavy atom. The fourth-order valence-electron chi connectivity index (χ4n) is 3.97. The second-order valence-electron chi connectivity index (χ2n) is 8.14. The molecule has 0 atom stereocenters. The minimum Gasteiger partial charge on any atom is -0.484 e. The Bertz CT molecular complexity index is 1000. The maximum atomic E-state index is 13.9. The van der Waals surface area contributed by atoms with Crippen molar-refractivity contribution in [2.24, 2.45) is 9.98 Å². The summed E-state index contributed by atoms with van der Waals surface area (Å²) in [7, 11) is 3.14. The number of nitrogens with zero attached hydrogens (tertiary/aromatic N) is 5. The van der Waals surface area contributed by atoms with Gasteiger partial charge in [0.25, 0.3) is 0 Å². The number of ether oxygens (including phenoxy) is 1. The van der Waals surface area contributed by atoms with Crippen molar-refractivity contribution in [2.75, 3.05) is 64.9 Å². The average Bonchev–Trinajstić information content (AvgIpc) is 2.85. The van der Waals surface area contributed by atoms with Gasteiger partial charge in [-0.3, -0.25) is 14.8 Å². The quantitative estimate of drug-likeness (QED) is 0.269. The Morgan fingerprint density at radius 1 is 1.22 bits per heavy atom. The maximum absolute atomic E-state index is 13.9. The van der Waals surface area contributed by atoms with E-state index in [2.05, 4.69) is 23.1 Å². The fraction of sp³-hybridized carbons (Fsp3) is 0.480. The molecule has 0 radical (unpaired) electrons. The fourth-order valence-corrected chi connectivity index (χ4v) is 4.25. The first kappa shape index (κ1) is 29.2. The lowest BCUT2D eigenvalue weighted by molar-refractivity contribution is -0.137. The number of halogens is 4. The van der Waals surface area contributed by atoms with Crippen molar-refractivity contribution in [3.63, 3.8) is 0 Å². The van der Waals surface area contributed by atoms with Crippen LogP contribution in [0.25, 0.3) is 0 Å². The van der Waals surface area contributed by atoms with Crippen molar-refractivity contribution in [3.05, 3.63) is 53.6 Å². The molecule has 0 unspecified atom stereocenters. The van der Waals surface area contributed by atoms with Crippen LogP contribution in [-0.4, -0.2) is 87.4 Å². The van der Waals surface area contributed by atoms with E-state index in [0.29, 0.717) is 49.9 Å². The average molecular weight is 528 g/mol. The number of carbonyl (C=O) groups is 1. The molecule has 0 aliphatic carbocycles. The van der Waals surface area contributed by atoms with E-state index in [1.807, 2.05) is 4.90 Å². The lowest BCUT2D eigenvalue weighted by Gasteiger charge is -2.37. The van der Waals surface area contributed by atoms with Crippen LogP contribution in [0.2, 0.25) is 5.02 Å². The number of methoxy groups -OCH3 is 1. The molecule has 0 spiro atoms. The van der Waals surface area contributed by atoms with E-state index in [1.54, 1.807) is 23.8 Å². The van der Waals surface area contributed by atoms with Crippen LogP contribution in [0.15, 0.2) is 53.0 Å². The Labute approximate surface area is 215 Å². The van der Waals surface area contributed by atoms with Gasteiger partial charge in [0, 0.05) is 53.2 Å². The van der Waals surface area contributed by atoms with Gasteiger partial charge >= 0.3 is 6.18 Å². The Hall–Kier alpha value is -3.01. The predicted molar refractivity (Wildman–Crippen MR) is 139 cm³/mol. The summed E-state index contributed by atoms with van der Waals surface area (Å²) in [6, 6.07) is 4.15. The number of rotatable bonds is 9. The van der Waals surface area contributed by atoms with Gasteiger partial charge in [0.1, 0.15) is 5.84 Å². The summed E-state index contributed by atoms with van der Waals surface area (Å²) in [6.07, 6.45) is -2.95. The van der Waals surface area contributed by atoms with E-state index in [4.69, 9.17) is 16.3 Å². The molecule has 1 aromatic rings. The molecule has 1 saturated heterocycles. The number of amides is 1. The summed E-state index contributed by atoms with van der Waals surface area (Å²) in [6.45, 7) is 12.3. The number of aliphatic imine (C=N–C) groups is 2. The van der Waals surface area contributed by atoms with Gasteiger partial charge in [0.05, 0.1) is 29.9 Å². The van der Waals surface area contributed by atoms with Crippen molar-refractivity contribution in [1.82, 2.24) is 9.80 Å². The molecular formula is C25H33ClF3N5O2. The third-order valence-electron chi connectivity index (χ3n) is 5.89. The highest BCUT2D eigenvalue weighted by atomic mass is 35.5. The summed E-state index contributed by atoms with van der Waals surface area (Å²) in [5.41, 5.74) is -0.199. The minimum absolute atomic E-state index is 0.0143. The second-order valence-corrected chi connectivity index (χ2v) is 8.55. The van der Waals surface area contributed by atoms with Gasteiger partial charge < -0.3 is 19.4 Å². The normalized spacial score (nSPS) is 15.1. The summed E-state index contributed by atoms with van der Waals surface area (Å²) in [5, 5.41) is -0.358. The van der Waals surface area contributed by atoms with E-state index in [1.165, 1.54) is 31.4 Å². The number of carbonyl (C=O) groups excluding carboxylic acids is 1. The predicted octanol–water partition coefficient (Wildman–Crippen LogP) is 4.53. The highest BCUT2D eigenvalue weighted by molar-refractivity contribution is 6.31. The van der Waals surface area contributed by atoms with Gasteiger partial charge in [-0.05, 0) is 30.2 Å².